The highest BCUT2D eigenvalue weighted by molar-refractivity contribution is 5.97. The van der Waals surface area contributed by atoms with Crippen molar-refractivity contribution in [1.29, 1.82) is 0 Å². The molecule has 3 aromatic rings. The molecule has 1 heterocycles. The van der Waals surface area contributed by atoms with E-state index >= 15 is 0 Å². The minimum absolute atomic E-state index is 0.0708. The van der Waals surface area contributed by atoms with Crippen molar-refractivity contribution in [3.05, 3.63) is 54.1 Å². The number of aromatic hydroxyl groups is 1. The highest BCUT2D eigenvalue weighted by Crippen LogP contribution is 2.35. The molecule has 7 nitrogen and oxygen atoms in total. The molecule has 0 saturated heterocycles. The van der Waals surface area contributed by atoms with E-state index in [0.717, 1.165) is 0 Å². The molecule has 0 unspecified atom stereocenters. The molecular weight excluding hydrogens is 344 g/mol. The number of fused-ring (bicyclic) bond motifs is 1. The van der Waals surface area contributed by atoms with E-state index in [1.165, 1.54) is 0 Å². The SMILES string of the molecule is CC(C)CC(=O)Nc1ccc(C(=O)N=Nc2c(O)[nH]c3ccccc23)cc1. The molecule has 1 aromatic heterocycles. The van der Waals surface area contributed by atoms with Crippen molar-refractivity contribution in [2.24, 2.45) is 16.1 Å². The maximum Gasteiger partial charge on any atom is 0.295 e. The van der Waals surface area contributed by atoms with Gasteiger partial charge < -0.3 is 15.4 Å². The van der Waals surface area contributed by atoms with E-state index in [4.69, 9.17) is 0 Å². The molecular formula is C20H20N4O3. The van der Waals surface area contributed by atoms with Gasteiger partial charge in [0, 0.05) is 23.1 Å². The van der Waals surface area contributed by atoms with Crippen molar-refractivity contribution in [1.82, 2.24) is 4.98 Å². The Bertz CT molecular complexity index is 1000. The first-order valence-corrected chi connectivity index (χ1v) is 8.59. The van der Waals surface area contributed by atoms with Crippen molar-refractivity contribution in [2.75, 3.05) is 5.32 Å². The van der Waals surface area contributed by atoms with Crippen LogP contribution in [0.5, 0.6) is 5.88 Å². The standard InChI is InChI=1S/C20H20N4O3/c1-12(2)11-17(25)21-14-9-7-13(8-10-14)19(26)24-23-18-15-5-3-4-6-16(15)22-20(18)27/h3-10,12,22,27H,11H2,1-2H3,(H,21,25). The Balaban J connectivity index is 1.71. The second kappa shape index (κ2) is 7.82. The third kappa shape index (κ3) is 4.38. The van der Waals surface area contributed by atoms with Crippen molar-refractivity contribution in [3.63, 3.8) is 0 Å². The number of aromatic nitrogens is 1. The van der Waals surface area contributed by atoms with Gasteiger partial charge >= 0.3 is 0 Å². The summed E-state index contributed by atoms with van der Waals surface area (Å²) in [5, 5.41) is 21.0. The number of para-hydroxylation sites is 1. The van der Waals surface area contributed by atoms with Crippen LogP contribution in [-0.2, 0) is 4.79 Å². The maximum atomic E-state index is 12.2. The predicted molar refractivity (Wildman–Crippen MR) is 103 cm³/mol. The second-order valence-corrected chi connectivity index (χ2v) is 6.60. The fourth-order valence-corrected chi connectivity index (χ4v) is 2.65. The molecule has 3 N–H and O–H groups in total. The first kappa shape index (κ1) is 18.3. The summed E-state index contributed by atoms with van der Waals surface area (Å²) in [6.07, 6.45) is 0.434. The number of nitrogens with one attached hydrogen (secondary N) is 2. The largest absolute Gasteiger partial charge is 0.493 e. The second-order valence-electron chi connectivity index (χ2n) is 6.60. The highest BCUT2D eigenvalue weighted by Gasteiger charge is 2.11. The molecule has 3 rings (SSSR count). The average molecular weight is 364 g/mol. The lowest BCUT2D eigenvalue weighted by atomic mass is 10.1. The lowest BCUT2D eigenvalue weighted by Crippen LogP contribution is -2.13. The molecule has 2 amide bonds. The number of carbonyl (C=O) groups is 2. The molecule has 0 fully saturated rings. The Kier molecular flexibility index (Phi) is 5.30. The van der Waals surface area contributed by atoms with E-state index in [2.05, 4.69) is 20.5 Å². The Morgan fingerprint density at radius 3 is 2.52 bits per heavy atom. The number of azo groups is 1. The number of benzene rings is 2. The van der Waals surface area contributed by atoms with E-state index in [1.807, 2.05) is 26.0 Å². The fraction of sp³-hybridized carbons (Fsp3) is 0.200. The van der Waals surface area contributed by atoms with E-state index in [9.17, 15) is 14.7 Å². The van der Waals surface area contributed by atoms with Crippen LogP contribution in [-0.4, -0.2) is 21.9 Å². The minimum Gasteiger partial charge on any atom is -0.493 e. The number of amides is 2. The van der Waals surface area contributed by atoms with Gasteiger partial charge in [-0.2, -0.15) is 0 Å². The minimum atomic E-state index is -0.542. The molecule has 0 aliphatic rings. The zero-order chi connectivity index (χ0) is 19.4. The first-order valence-electron chi connectivity index (χ1n) is 8.59. The van der Waals surface area contributed by atoms with Crippen LogP contribution >= 0.6 is 0 Å². The van der Waals surface area contributed by atoms with Gasteiger partial charge in [-0.3, -0.25) is 9.59 Å². The molecule has 0 aliphatic carbocycles. The lowest BCUT2D eigenvalue weighted by molar-refractivity contribution is -0.116. The average Bonchev–Trinajstić information content (AvgIpc) is 2.94. The zero-order valence-electron chi connectivity index (χ0n) is 15.1. The topological polar surface area (TPSA) is 107 Å². The van der Waals surface area contributed by atoms with Gasteiger partial charge in [0.2, 0.25) is 11.8 Å². The van der Waals surface area contributed by atoms with Crippen molar-refractivity contribution in [3.8, 4) is 5.88 Å². The van der Waals surface area contributed by atoms with Crippen LogP contribution in [0.15, 0.2) is 58.8 Å². The quantitative estimate of drug-likeness (QED) is 0.567. The summed E-state index contributed by atoms with van der Waals surface area (Å²) in [6, 6.07) is 13.6. The normalized spacial score (nSPS) is 11.4. The molecule has 138 valence electrons. The summed E-state index contributed by atoms with van der Waals surface area (Å²) in [6.45, 7) is 3.94. The summed E-state index contributed by atoms with van der Waals surface area (Å²) < 4.78 is 0. The van der Waals surface area contributed by atoms with Gasteiger partial charge in [-0.05, 0) is 36.2 Å². The number of anilines is 1. The molecule has 0 radical (unpaired) electrons. The van der Waals surface area contributed by atoms with Crippen molar-refractivity contribution < 1.29 is 14.7 Å². The smallest absolute Gasteiger partial charge is 0.295 e. The van der Waals surface area contributed by atoms with Crippen molar-refractivity contribution >= 4 is 34.1 Å². The van der Waals surface area contributed by atoms with Gasteiger partial charge in [-0.25, -0.2) is 0 Å². The molecule has 0 spiro atoms. The Labute approximate surface area is 156 Å². The number of nitrogens with zero attached hydrogens (tertiary/aromatic N) is 2. The molecule has 0 bridgehead atoms. The van der Waals surface area contributed by atoms with Crippen LogP contribution in [0.3, 0.4) is 0 Å². The first-order chi connectivity index (χ1) is 12.9. The number of aromatic amines is 1. The molecule has 0 saturated carbocycles. The summed E-state index contributed by atoms with van der Waals surface area (Å²) >= 11 is 0. The van der Waals surface area contributed by atoms with Gasteiger partial charge in [0.15, 0.2) is 5.69 Å². The third-order valence-corrected chi connectivity index (χ3v) is 3.91. The van der Waals surface area contributed by atoms with Crippen LogP contribution in [0.2, 0.25) is 0 Å². The third-order valence-electron chi connectivity index (χ3n) is 3.91. The van der Waals surface area contributed by atoms with Crippen LogP contribution in [0.4, 0.5) is 11.4 Å². The van der Waals surface area contributed by atoms with Crippen LogP contribution < -0.4 is 5.32 Å². The van der Waals surface area contributed by atoms with Crippen molar-refractivity contribution in [2.45, 2.75) is 20.3 Å². The molecule has 7 heteroatoms. The van der Waals surface area contributed by atoms with E-state index in [0.29, 0.717) is 28.6 Å². The van der Waals surface area contributed by atoms with Crippen LogP contribution in [0, 0.1) is 5.92 Å². The monoisotopic (exact) mass is 364 g/mol. The fourth-order valence-electron chi connectivity index (χ4n) is 2.65. The Morgan fingerprint density at radius 2 is 1.81 bits per heavy atom. The van der Waals surface area contributed by atoms with Gasteiger partial charge in [0.25, 0.3) is 5.91 Å². The maximum absolute atomic E-state index is 12.2. The Morgan fingerprint density at radius 1 is 1.11 bits per heavy atom. The molecule has 27 heavy (non-hydrogen) atoms. The number of hydrogen-bond donors (Lipinski definition) is 3. The van der Waals surface area contributed by atoms with Gasteiger partial charge in [0.05, 0.1) is 5.52 Å². The van der Waals surface area contributed by atoms with E-state index in [-0.39, 0.29) is 23.4 Å². The molecule has 2 aromatic carbocycles. The summed E-state index contributed by atoms with van der Waals surface area (Å²) in [7, 11) is 0. The lowest BCUT2D eigenvalue weighted by Gasteiger charge is -2.07. The number of H-pyrrole nitrogens is 1. The summed E-state index contributed by atoms with van der Waals surface area (Å²) in [5.41, 5.74) is 1.87. The van der Waals surface area contributed by atoms with E-state index < -0.39 is 5.91 Å². The number of carbonyl (C=O) groups excluding carboxylic acids is 2. The van der Waals surface area contributed by atoms with Crippen LogP contribution in [0.1, 0.15) is 30.6 Å². The predicted octanol–water partition coefficient (Wildman–Crippen LogP) is 4.78. The Hall–Kier alpha value is -3.48. The zero-order valence-corrected chi connectivity index (χ0v) is 15.1. The summed E-state index contributed by atoms with van der Waals surface area (Å²) in [5.74, 6) is -0.485. The molecule has 0 atom stereocenters. The summed E-state index contributed by atoms with van der Waals surface area (Å²) in [4.78, 5) is 26.8. The van der Waals surface area contributed by atoms with Gasteiger partial charge in [-0.15, -0.1) is 10.2 Å². The number of rotatable bonds is 5. The van der Waals surface area contributed by atoms with Gasteiger partial charge in [-0.1, -0.05) is 32.0 Å². The highest BCUT2D eigenvalue weighted by atomic mass is 16.3. The van der Waals surface area contributed by atoms with Gasteiger partial charge in [0.1, 0.15) is 0 Å². The molecule has 0 aliphatic heterocycles. The van der Waals surface area contributed by atoms with E-state index in [1.54, 1.807) is 36.4 Å². The number of hydrogen-bond acceptors (Lipinski definition) is 4. The van der Waals surface area contributed by atoms with Crippen LogP contribution in [0.25, 0.3) is 10.9 Å².